The third-order valence-electron chi connectivity index (χ3n) is 5.34. The summed E-state index contributed by atoms with van der Waals surface area (Å²) in [5.41, 5.74) is 0.467. The molecule has 2 aromatic heterocycles. The van der Waals surface area contributed by atoms with Crippen LogP contribution in [0.2, 0.25) is 0 Å². The molecule has 32 heavy (non-hydrogen) atoms. The number of nitrogens with zero attached hydrogens (tertiary/aromatic N) is 2. The highest BCUT2D eigenvalue weighted by atomic mass is 79.9. The van der Waals surface area contributed by atoms with Gasteiger partial charge in [-0.25, -0.2) is 9.37 Å². The normalized spacial score (nSPS) is 15.4. The minimum atomic E-state index is -1.08. The van der Waals surface area contributed by atoms with Crippen LogP contribution < -0.4 is 10.3 Å². The van der Waals surface area contributed by atoms with Crippen LogP contribution in [0, 0.1) is 12.7 Å². The van der Waals surface area contributed by atoms with Crippen LogP contribution in [0.3, 0.4) is 0 Å². The van der Waals surface area contributed by atoms with Crippen LogP contribution in [0.5, 0.6) is 0 Å². The van der Waals surface area contributed by atoms with E-state index in [1.807, 2.05) is 0 Å². The number of anilines is 1. The molecule has 1 aliphatic rings. The molecule has 0 spiro atoms. The van der Waals surface area contributed by atoms with Crippen molar-refractivity contribution in [2.24, 2.45) is 0 Å². The van der Waals surface area contributed by atoms with Gasteiger partial charge >= 0.3 is 0 Å². The van der Waals surface area contributed by atoms with Crippen LogP contribution in [0.25, 0.3) is 11.0 Å². The molecule has 1 atom stereocenters. The molecule has 6 nitrogen and oxygen atoms in total. The molecule has 160 valence electrons. The number of carbonyl (C=O) groups excluding carboxylic acids is 2. The zero-order valence-corrected chi connectivity index (χ0v) is 19.2. The van der Waals surface area contributed by atoms with Gasteiger partial charge in [0.05, 0.1) is 21.5 Å². The highest BCUT2D eigenvalue weighted by molar-refractivity contribution is 9.10. The van der Waals surface area contributed by atoms with E-state index in [-0.39, 0.29) is 38.8 Å². The first kappa shape index (κ1) is 20.7. The Balaban J connectivity index is 1.83. The molecule has 0 aliphatic carbocycles. The summed E-state index contributed by atoms with van der Waals surface area (Å²) in [6.45, 7) is 3.08. The van der Waals surface area contributed by atoms with E-state index in [4.69, 9.17) is 4.42 Å². The van der Waals surface area contributed by atoms with Crippen LogP contribution in [-0.4, -0.2) is 16.7 Å². The molecule has 2 aromatic carbocycles. The van der Waals surface area contributed by atoms with Gasteiger partial charge in [-0.2, -0.15) is 0 Å². The summed E-state index contributed by atoms with van der Waals surface area (Å²) in [6.07, 6.45) is 0. The van der Waals surface area contributed by atoms with E-state index >= 15 is 0 Å². The largest absolute Gasteiger partial charge is 0.450 e. The van der Waals surface area contributed by atoms with Gasteiger partial charge in [-0.05, 0) is 31.2 Å². The lowest BCUT2D eigenvalue weighted by atomic mass is 9.98. The van der Waals surface area contributed by atoms with E-state index in [9.17, 15) is 18.8 Å². The van der Waals surface area contributed by atoms with Gasteiger partial charge < -0.3 is 4.42 Å². The number of fused-ring (bicyclic) bond motifs is 2. The molecule has 0 saturated carbocycles. The number of ketones is 1. The zero-order chi connectivity index (χ0) is 22.7. The van der Waals surface area contributed by atoms with Crippen LogP contribution in [0.15, 0.2) is 56.1 Å². The molecule has 0 bridgehead atoms. The summed E-state index contributed by atoms with van der Waals surface area (Å²) >= 11 is 4.37. The van der Waals surface area contributed by atoms with Crippen molar-refractivity contribution in [2.45, 2.75) is 19.9 Å². The summed E-state index contributed by atoms with van der Waals surface area (Å²) in [7, 11) is 0. The minimum Gasteiger partial charge on any atom is -0.450 e. The van der Waals surface area contributed by atoms with Gasteiger partial charge in [0, 0.05) is 17.0 Å². The molecule has 1 unspecified atom stereocenters. The van der Waals surface area contributed by atoms with E-state index in [0.29, 0.717) is 15.0 Å². The van der Waals surface area contributed by atoms with Crippen molar-refractivity contribution < 1.29 is 18.4 Å². The quantitative estimate of drug-likeness (QED) is 0.342. The number of hydrogen-bond acceptors (Lipinski definition) is 6. The predicted molar refractivity (Wildman–Crippen MR) is 122 cm³/mol. The highest BCUT2D eigenvalue weighted by Crippen LogP contribution is 2.43. The number of aryl methyl sites for hydroxylation is 1. The summed E-state index contributed by atoms with van der Waals surface area (Å²) < 4.78 is 21.4. The van der Waals surface area contributed by atoms with E-state index in [0.717, 1.165) is 11.3 Å². The Labute approximate surface area is 193 Å². The number of carbonyl (C=O) groups is 2. The van der Waals surface area contributed by atoms with Crippen molar-refractivity contribution in [1.82, 2.24) is 4.98 Å². The fourth-order valence-corrected chi connectivity index (χ4v) is 5.30. The summed E-state index contributed by atoms with van der Waals surface area (Å²) in [5.74, 6) is -1.53. The number of amides is 1. The van der Waals surface area contributed by atoms with Gasteiger partial charge in [0.15, 0.2) is 16.3 Å². The Hall–Kier alpha value is -3.17. The molecule has 1 aliphatic heterocycles. The number of Topliss-reactive ketones (excluding diaryl/α,β-unsaturated/α-hetero) is 1. The van der Waals surface area contributed by atoms with Crippen LogP contribution in [0.4, 0.5) is 9.52 Å². The summed E-state index contributed by atoms with van der Waals surface area (Å²) in [5, 5.41) is 0.468. The summed E-state index contributed by atoms with van der Waals surface area (Å²) in [6, 6.07) is 9.77. The number of aromatic nitrogens is 1. The van der Waals surface area contributed by atoms with Gasteiger partial charge in [-0.1, -0.05) is 45.5 Å². The highest BCUT2D eigenvalue weighted by Gasteiger charge is 2.46. The first-order chi connectivity index (χ1) is 15.3. The molecule has 4 aromatic rings. The maximum absolute atomic E-state index is 14.9. The molecule has 0 fully saturated rings. The van der Waals surface area contributed by atoms with Crippen molar-refractivity contribution in [3.63, 3.8) is 0 Å². The molecule has 3 heterocycles. The molecule has 0 N–H and O–H groups in total. The van der Waals surface area contributed by atoms with Crippen LogP contribution in [-0.2, 0) is 0 Å². The summed E-state index contributed by atoms with van der Waals surface area (Å²) in [4.78, 5) is 45.0. The smallest absolute Gasteiger partial charge is 0.297 e. The maximum Gasteiger partial charge on any atom is 0.297 e. The Bertz CT molecular complexity index is 1510. The van der Waals surface area contributed by atoms with Gasteiger partial charge in [0.2, 0.25) is 5.76 Å². The second-order valence-corrected chi connectivity index (χ2v) is 9.27. The van der Waals surface area contributed by atoms with Crippen molar-refractivity contribution in [3.05, 3.63) is 90.4 Å². The number of hydrogen-bond donors (Lipinski definition) is 0. The van der Waals surface area contributed by atoms with Crippen LogP contribution >= 0.6 is 27.3 Å². The lowest BCUT2D eigenvalue weighted by molar-refractivity contribution is 0.0969. The Kier molecular flexibility index (Phi) is 4.83. The molecule has 9 heteroatoms. The molecular weight excluding hydrogens is 499 g/mol. The number of halogens is 2. The van der Waals surface area contributed by atoms with Gasteiger partial charge in [-0.15, -0.1) is 0 Å². The lowest BCUT2D eigenvalue weighted by Gasteiger charge is -2.22. The molecule has 1 amide bonds. The van der Waals surface area contributed by atoms with E-state index in [2.05, 4.69) is 20.9 Å². The Morgan fingerprint density at radius 2 is 1.97 bits per heavy atom. The van der Waals surface area contributed by atoms with Crippen molar-refractivity contribution >= 4 is 55.1 Å². The monoisotopic (exact) mass is 512 g/mol. The maximum atomic E-state index is 14.9. The third-order valence-corrected chi connectivity index (χ3v) is 7.09. The Morgan fingerprint density at radius 1 is 1.22 bits per heavy atom. The molecular formula is C23H14BrFN2O4S. The van der Waals surface area contributed by atoms with Gasteiger partial charge in [-0.3, -0.25) is 19.3 Å². The number of rotatable bonds is 3. The zero-order valence-electron chi connectivity index (χ0n) is 16.8. The molecule has 0 radical (unpaired) electrons. The predicted octanol–water partition coefficient (Wildman–Crippen LogP) is 5.41. The third kappa shape index (κ3) is 3.03. The van der Waals surface area contributed by atoms with E-state index in [1.54, 1.807) is 31.2 Å². The van der Waals surface area contributed by atoms with Crippen molar-refractivity contribution in [1.29, 1.82) is 0 Å². The standard InChI is InChI=1S/C23H14BrFN2O4S/c1-10-21(11(2)28)32-23(26-10)27-18(13-5-3-4-6-15(13)25)17-19(29)14-9-12(24)7-8-16(14)31-20(17)22(27)30/h3-9,18H,1-2H3. The van der Waals surface area contributed by atoms with Crippen molar-refractivity contribution in [3.8, 4) is 0 Å². The van der Waals surface area contributed by atoms with Gasteiger partial charge in [0.25, 0.3) is 5.91 Å². The minimum absolute atomic E-state index is 0.0444. The fraction of sp³-hybridized carbons (Fsp3) is 0.130. The van der Waals surface area contributed by atoms with E-state index in [1.165, 1.54) is 30.0 Å². The first-order valence-corrected chi connectivity index (χ1v) is 11.2. The number of benzene rings is 2. The molecule has 5 rings (SSSR count). The second kappa shape index (κ2) is 7.46. The van der Waals surface area contributed by atoms with Crippen LogP contribution in [0.1, 0.15) is 50.0 Å². The van der Waals surface area contributed by atoms with Crippen molar-refractivity contribution in [2.75, 3.05) is 4.90 Å². The fourth-order valence-electron chi connectivity index (χ4n) is 3.95. The SMILES string of the molecule is CC(=O)c1sc(N2C(=O)c3oc4ccc(Br)cc4c(=O)c3C2c2ccccc2F)nc1C. The second-order valence-electron chi connectivity index (χ2n) is 7.38. The average Bonchev–Trinajstić information content (AvgIpc) is 3.27. The van der Waals surface area contributed by atoms with E-state index < -0.39 is 23.2 Å². The molecule has 0 saturated heterocycles. The topological polar surface area (TPSA) is 80.5 Å². The Morgan fingerprint density at radius 3 is 2.66 bits per heavy atom. The lowest BCUT2D eigenvalue weighted by Crippen LogP contribution is -2.30. The first-order valence-electron chi connectivity index (χ1n) is 9.60. The van der Waals surface area contributed by atoms with Gasteiger partial charge in [0.1, 0.15) is 17.4 Å². The number of thiazole rings is 1. The average molecular weight is 513 g/mol.